The Bertz CT molecular complexity index is 767. The van der Waals surface area contributed by atoms with E-state index in [1.165, 1.54) is 0 Å². The molecule has 2 aromatic heterocycles. The standard InChI is InChI=1S/C14H12N4O2/c1-8-10(4-3-5-12(8)19)14-17-13(18-20-14)11-6-7-15-9(2)16-11/h3-7,19H,1-2H3. The van der Waals surface area contributed by atoms with Gasteiger partial charge in [-0.15, -0.1) is 0 Å². The van der Waals surface area contributed by atoms with E-state index >= 15 is 0 Å². The van der Waals surface area contributed by atoms with Gasteiger partial charge < -0.3 is 9.63 Å². The molecule has 6 heteroatoms. The van der Waals surface area contributed by atoms with E-state index in [2.05, 4.69) is 20.1 Å². The fraction of sp³-hybridized carbons (Fsp3) is 0.143. The zero-order valence-corrected chi connectivity index (χ0v) is 11.0. The fourth-order valence-electron chi connectivity index (χ4n) is 1.87. The minimum Gasteiger partial charge on any atom is -0.508 e. The maximum atomic E-state index is 9.71. The second-order valence-corrected chi connectivity index (χ2v) is 4.36. The Labute approximate surface area is 115 Å². The summed E-state index contributed by atoms with van der Waals surface area (Å²) in [4.78, 5) is 12.6. The van der Waals surface area contributed by atoms with E-state index in [-0.39, 0.29) is 5.75 Å². The Morgan fingerprint density at radius 3 is 2.75 bits per heavy atom. The van der Waals surface area contributed by atoms with Crippen LogP contribution in [-0.4, -0.2) is 25.2 Å². The SMILES string of the molecule is Cc1nccc(-c2noc(-c3cccc(O)c3C)n2)n1. The van der Waals surface area contributed by atoms with Gasteiger partial charge in [-0.05, 0) is 32.0 Å². The average molecular weight is 268 g/mol. The van der Waals surface area contributed by atoms with E-state index < -0.39 is 0 Å². The first-order valence-electron chi connectivity index (χ1n) is 6.08. The average Bonchev–Trinajstić information content (AvgIpc) is 2.91. The monoisotopic (exact) mass is 268 g/mol. The topological polar surface area (TPSA) is 84.9 Å². The molecule has 20 heavy (non-hydrogen) atoms. The normalized spacial score (nSPS) is 10.7. The number of hydrogen-bond donors (Lipinski definition) is 1. The van der Waals surface area contributed by atoms with Crippen LogP contribution in [0, 0.1) is 13.8 Å². The van der Waals surface area contributed by atoms with Crippen LogP contribution >= 0.6 is 0 Å². The van der Waals surface area contributed by atoms with Crippen molar-refractivity contribution in [3.63, 3.8) is 0 Å². The van der Waals surface area contributed by atoms with Crippen LogP contribution in [-0.2, 0) is 0 Å². The number of aromatic hydroxyl groups is 1. The number of nitrogens with zero attached hydrogens (tertiary/aromatic N) is 4. The first-order chi connectivity index (χ1) is 9.65. The lowest BCUT2D eigenvalue weighted by atomic mass is 10.1. The highest BCUT2D eigenvalue weighted by Gasteiger charge is 2.14. The second-order valence-electron chi connectivity index (χ2n) is 4.36. The molecule has 0 atom stereocenters. The summed E-state index contributed by atoms with van der Waals surface area (Å²) in [5.41, 5.74) is 2.00. The Morgan fingerprint density at radius 2 is 1.95 bits per heavy atom. The van der Waals surface area contributed by atoms with Crippen LogP contribution in [0.25, 0.3) is 23.0 Å². The molecule has 0 unspecified atom stereocenters. The van der Waals surface area contributed by atoms with Crippen molar-refractivity contribution in [3.8, 4) is 28.7 Å². The predicted octanol–water partition coefficient (Wildman–Crippen LogP) is 2.52. The zero-order chi connectivity index (χ0) is 14.1. The number of aromatic nitrogens is 4. The molecule has 0 spiro atoms. The molecule has 0 amide bonds. The van der Waals surface area contributed by atoms with Gasteiger partial charge in [0, 0.05) is 17.3 Å². The fourth-order valence-corrected chi connectivity index (χ4v) is 1.87. The number of hydrogen-bond acceptors (Lipinski definition) is 6. The molecule has 1 N–H and O–H groups in total. The quantitative estimate of drug-likeness (QED) is 0.768. The molecule has 100 valence electrons. The Hall–Kier alpha value is -2.76. The first-order valence-corrected chi connectivity index (χ1v) is 6.08. The summed E-state index contributed by atoms with van der Waals surface area (Å²) in [5, 5.41) is 13.6. The smallest absolute Gasteiger partial charge is 0.258 e. The van der Waals surface area contributed by atoms with Gasteiger partial charge in [0.2, 0.25) is 5.82 Å². The summed E-state index contributed by atoms with van der Waals surface area (Å²) in [6.07, 6.45) is 1.65. The highest BCUT2D eigenvalue weighted by Crippen LogP contribution is 2.28. The molecule has 0 saturated carbocycles. The minimum atomic E-state index is 0.195. The van der Waals surface area contributed by atoms with Crippen molar-refractivity contribution >= 4 is 0 Å². The Kier molecular flexibility index (Phi) is 2.90. The van der Waals surface area contributed by atoms with Crippen molar-refractivity contribution in [2.75, 3.05) is 0 Å². The number of rotatable bonds is 2. The second kappa shape index (κ2) is 4.73. The van der Waals surface area contributed by atoms with E-state index in [0.29, 0.717) is 34.4 Å². The molecule has 0 radical (unpaired) electrons. The summed E-state index contributed by atoms with van der Waals surface area (Å²) < 4.78 is 5.25. The summed E-state index contributed by atoms with van der Waals surface area (Å²) in [5.74, 6) is 1.58. The molecule has 0 aliphatic carbocycles. The molecule has 3 rings (SSSR count). The van der Waals surface area contributed by atoms with Crippen molar-refractivity contribution in [1.29, 1.82) is 0 Å². The van der Waals surface area contributed by atoms with Crippen molar-refractivity contribution in [2.45, 2.75) is 13.8 Å². The van der Waals surface area contributed by atoms with E-state index in [9.17, 15) is 5.11 Å². The van der Waals surface area contributed by atoms with E-state index in [4.69, 9.17) is 4.52 Å². The first kappa shape index (κ1) is 12.3. The molecule has 0 aliphatic heterocycles. The lowest BCUT2D eigenvalue weighted by molar-refractivity contribution is 0.430. The summed E-state index contributed by atoms with van der Waals surface area (Å²) in [6.45, 7) is 3.59. The molecular weight excluding hydrogens is 256 g/mol. The van der Waals surface area contributed by atoms with Gasteiger partial charge in [-0.2, -0.15) is 4.98 Å². The zero-order valence-electron chi connectivity index (χ0n) is 11.0. The van der Waals surface area contributed by atoms with Gasteiger partial charge in [-0.25, -0.2) is 9.97 Å². The summed E-state index contributed by atoms with van der Waals surface area (Å²) in [7, 11) is 0. The highest BCUT2D eigenvalue weighted by molar-refractivity contribution is 5.63. The van der Waals surface area contributed by atoms with E-state index in [0.717, 1.165) is 0 Å². The third-order valence-electron chi connectivity index (χ3n) is 2.97. The van der Waals surface area contributed by atoms with Gasteiger partial charge in [0.25, 0.3) is 5.89 Å². The maximum absolute atomic E-state index is 9.71. The van der Waals surface area contributed by atoms with Crippen LogP contribution < -0.4 is 0 Å². The third kappa shape index (κ3) is 2.11. The van der Waals surface area contributed by atoms with Crippen molar-refractivity contribution in [1.82, 2.24) is 20.1 Å². The van der Waals surface area contributed by atoms with Crippen molar-refractivity contribution in [2.24, 2.45) is 0 Å². The molecule has 1 aromatic carbocycles. The van der Waals surface area contributed by atoms with Gasteiger partial charge >= 0.3 is 0 Å². The molecule has 0 bridgehead atoms. The van der Waals surface area contributed by atoms with Crippen LogP contribution in [0.1, 0.15) is 11.4 Å². The molecular formula is C14H12N4O2. The third-order valence-corrected chi connectivity index (χ3v) is 2.97. The maximum Gasteiger partial charge on any atom is 0.258 e. The molecule has 2 heterocycles. The van der Waals surface area contributed by atoms with Crippen LogP contribution in [0.2, 0.25) is 0 Å². The minimum absolute atomic E-state index is 0.195. The molecule has 0 saturated heterocycles. The van der Waals surface area contributed by atoms with Gasteiger partial charge in [-0.3, -0.25) is 0 Å². The Balaban J connectivity index is 2.04. The van der Waals surface area contributed by atoms with Crippen LogP contribution in [0.15, 0.2) is 35.0 Å². The van der Waals surface area contributed by atoms with Gasteiger partial charge in [-0.1, -0.05) is 11.2 Å². The van der Waals surface area contributed by atoms with Gasteiger partial charge in [0.05, 0.1) is 0 Å². The van der Waals surface area contributed by atoms with E-state index in [1.54, 1.807) is 38.2 Å². The van der Waals surface area contributed by atoms with Crippen molar-refractivity contribution < 1.29 is 9.63 Å². The van der Waals surface area contributed by atoms with Crippen LogP contribution in [0.5, 0.6) is 5.75 Å². The number of phenols is 1. The van der Waals surface area contributed by atoms with Crippen LogP contribution in [0.3, 0.4) is 0 Å². The molecule has 3 aromatic rings. The largest absolute Gasteiger partial charge is 0.508 e. The van der Waals surface area contributed by atoms with Crippen molar-refractivity contribution in [3.05, 3.63) is 41.9 Å². The van der Waals surface area contributed by atoms with E-state index in [1.807, 2.05) is 6.07 Å². The lowest BCUT2D eigenvalue weighted by Gasteiger charge is -2.01. The highest BCUT2D eigenvalue weighted by atomic mass is 16.5. The lowest BCUT2D eigenvalue weighted by Crippen LogP contribution is -1.91. The number of aryl methyl sites for hydroxylation is 1. The molecule has 6 nitrogen and oxygen atoms in total. The van der Waals surface area contributed by atoms with Gasteiger partial charge in [0.1, 0.15) is 17.3 Å². The number of phenolic OH excluding ortho intramolecular Hbond substituents is 1. The number of benzene rings is 1. The summed E-state index contributed by atoms with van der Waals surface area (Å²) >= 11 is 0. The summed E-state index contributed by atoms with van der Waals surface area (Å²) in [6, 6.07) is 6.88. The predicted molar refractivity (Wildman–Crippen MR) is 71.9 cm³/mol. The van der Waals surface area contributed by atoms with Crippen LogP contribution in [0.4, 0.5) is 0 Å². The molecule has 0 fully saturated rings. The molecule has 0 aliphatic rings. The van der Waals surface area contributed by atoms with Gasteiger partial charge in [0.15, 0.2) is 0 Å². The Morgan fingerprint density at radius 1 is 1.10 bits per heavy atom.